The van der Waals surface area contributed by atoms with Gasteiger partial charge in [0.2, 0.25) is 0 Å². The van der Waals surface area contributed by atoms with E-state index in [1.165, 1.54) is 6.07 Å². The van der Waals surface area contributed by atoms with Crippen molar-refractivity contribution in [3.8, 4) is 0 Å². The smallest absolute Gasteiger partial charge is 0.126 e. The van der Waals surface area contributed by atoms with Gasteiger partial charge in [0, 0.05) is 5.02 Å². The number of nitrogens with two attached hydrogens (primary N) is 1. The maximum atomic E-state index is 13.5. The van der Waals surface area contributed by atoms with Crippen LogP contribution in [-0.4, -0.2) is 0 Å². The minimum absolute atomic E-state index is 0.228. The third kappa shape index (κ3) is 2.55. The Kier molecular flexibility index (Phi) is 3.69. The average molecular weight is 264 g/mol. The van der Waals surface area contributed by atoms with Crippen LogP contribution in [0.3, 0.4) is 0 Å². The molecule has 2 rings (SSSR count). The van der Waals surface area contributed by atoms with E-state index >= 15 is 0 Å². The number of aryl methyl sites for hydroxylation is 2. The summed E-state index contributed by atoms with van der Waals surface area (Å²) in [5, 5.41) is 0.709. The summed E-state index contributed by atoms with van der Waals surface area (Å²) in [4.78, 5) is 0. The van der Waals surface area contributed by atoms with Crippen molar-refractivity contribution in [3.63, 3.8) is 0 Å². The first-order chi connectivity index (χ1) is 8.49. The Morgan fingerprint density at radius 1 is 1.00 bits per heavy atom. The molecule has 0 saturated carbocycles. The fourth-order valence-corrected chi connectivity index (χ4v) is 1.97. The molecule has 0 radical (unpaired) electrons. The van der Waals surface area contributed by atoms with Gasteiger partial charge in [-0.05, 0) is 48.2 Å². The zero-order chi connectivity index (χ0) is 13.3. The number of hydrogen-bond acceptors (Lipinski definition) is 1. The molecule has 1 atom stereocenters. The Hall–Kier alpha value is -1.38. The van der Waals surface area contributed by atoms with E-state index in [1.54, 1.807) is 13.0 Å². The monoisotopic (exact) mass is 263 g/mol. The fraction of sp³-hybridized carbons (Fsp3) is 0.200. The molecule has 0 bridgehead atoms. The fourth-order valence-electron chi connectivity index (χ4n) is 1.86. The van der Waals surface area contributed by atoms with Crippen LogP contribution in [0.15, 0.2) is 36.4 Å². The van der Waals surface area contributed by atoms with Crippen LogP contribution in [-0.2, 0) is 0 Å². The molecule has 0 fully saturated rings. The summed E-state index contributed by atoms with van der Waals surface area (Å²) in [7, 11) is 0. The third-order valence-electron chi connectivity index (χ3n) is 3.10. The van der Waals surface area contributed by atoms with Crippen molar-refractivity contribution in [3.05, 3.63) is 69.5 Å². The molecule has 0 spiro atoms. The predicted molar refractivity (Wildman–Crippen MR) is 73.4 cm³/mol. The summed E-state index contributed by atoms with van der Waals surface area (Å²) < 4.78 is 13.5. The highest BCUT2D eigenvalue weighted by Gasteiger charge is 2.11. The molecule has 2 aromatic rings. The zero-order valence-corrected chi connectivity index (χ0v) is 11.1. The van der Waals surface area contributed by atoms with Crippen molar-refractivity contribution in [2.24, 2.45) is 5.73 Å². The van der Waals surface area contributed by atoms with Crippen LogP contribution in [0.2, 0.25) is 5.02 Å². The van der Waals surface area contributed by atoms with Gasteiger partial charge >= 0.3 is 0 Å². The lowest BCUT2D eigenvalue weighted by molar-refractivity contribution is 0.614. The van der Waals surface area contributed by atoms with E-state index < -0.39 is 0 Å². The molecule has 3 heteroatoms. The van der Waals surface area contributed by atoms with E-state index in [0.717, 1.165) is 16.7 Å². The molecule has 1 unspecified atom stereocenters. The maximum Gasteiger partial charge on any atom is 0.126 e. The molecule has 0 aliphatic carbocycles. The molecule has 0 aromatic heterocycles. The second-order valence-corrected chi connectivity index (χ2v) is 4.90. The normalized spacial score (nSPS) is 12.5. The van der Waals surface area contributed by atoms with Gasteiger partial charge in [0.05, 0.1) is 6.04 Å². The van der Waals surface area contributed by atoms with Gasteiger partial charge in [-0.3, -0.25) is 0 Å². The predicted octanol–water partition coefficient (Wildman–Crippen LogP) is 4.14. The van der Waals surface area contributed by atoms with E-state index in [-0.39, 0.29) is 11.9 Å². The van der Waals surface area contributed by atoms with Crippen molar-refractivity contribution >= 4 is 11.6 Å². The van der Waals surface area contributed by atoms with Crippen LogP contribution in [0, 0.1) is 19.7 Å². The highest BCUT2D eigenvalue weighted by atomic mass is 35.5. The second-order valence-electron chi connectivity index (χ2n) is 4.49. The number of hydrogen-bond donors (Lipinski definition) is 1. The van der Waals surface area contributed by atoms with E-state index in [1.807, 2.05) is 31.2 Å². The highest BCUT2D eigenvalue weighted by Crippen LogP contribution is 2.25. The molecular weight excluding hydrogens is 249 g/mol. The van der Waals surface area contributed by atoms with Crippen molar-refractivity contribution in [1.82, 2.24) is 0 Å². The lowest BCUT2D eigenvalue weighted by Crippen LogP contribution is -2.12. The maximum absolute atomic E-state index is 13.5. The number of halogens is 2. The van der Waals surface area contributed by atoms with E-state index in [9.17, 15) is 4.39 Å². The van der Waals surface area contributed by atoms with Crippen LogP contribution in [0.25, 0.3) is 0 Å². The molecule has 0 aliphatic heterocycles. The van der Waals surface area contributed by atoms with Crippen LogP contribution in [0.1, 0.15) is 28.3 Å². The number of benzene rings is 2. The first kappa shape index (κ1) is 13.1. The quantitative estimate of drug-likeness (QED) is 0.866. The summed E-state index contributed by atoms with van der Waals surface area (Å²) in [6.07, 6.45) is 0. The van der Waals surface area contributed by atoms with Crippen LogP contribution >= 0.6 is 11.6 Å². The third-order valence-corrected chi connectivity index (χ3v) is 3.52. The van der Waals surface area contributed by atoms with Gasteiger partial charge in [0.25, 0.3) is 0 Å². The molecule has 0 heterocycles. The Labute approximate surface area is 111 Å². The molecule has 1 nitrogen and oxygen atoms in total. The summed E-state index contributed by atoms with van der Waals surface area (Å²) in [6, 6.07) is 10.4. The minimum atomic E-state index is -0.337. The van der Waals surface area contributed by atoms with Crippen molar-refractivity contribution in [2.45, 2.75) is 19.9 Å². The summed E-state index contributed by atoms with van der Waals surface area (Å²) >= 11 is 5.98. The summed E-state index contributed by atoms with van der Waals surface area (Å²) in [6.45, 7) is 3.66. The Balaban J connectivity index is 2.37. The van der Waals surface area contributed by atoms with E-state index in [0.29, 0.717) is 10.6 Å². The van der Waals surface area contributed by atoms with Gasteiger partial charge < -0.3 is 5.73 Å². The van der Waals surface area contributed by atoms with Gasteiger partial charge in [0.1, 0.15) is 5.82 Å². The van der Waals surface area contributed by atoms with Gasteiger partial charge in [-0.15, -0.1) is 0 Å². The van der Waals surface area contributed by atoms with Gasteiger partial charge in [0.15, 0.2) is 0 Å². The molecule has 94 valence electrons. The lowest BCUT2D eigenvalue weighted by atomic mass is 9.97. The molecular formula is C15H15ClFN. The van der Waals surface area contributed by atoms with Crippen molar-refractivity contribution in [2.75, 3.05) is 0 Å². The van der Waals surface area contributed by atoms with E-state index in [2.05, 4.69) is 0 Å². The zero-order valence-electron chi connectivity index (χ0n) is 10.4. The lowest BCUT2D eigenvalue weighted by Gasteiger charge is -2.14. The first-order valence-corrected chi connectivity index (χ1v) is 6.14. The van der Waals surface area contributed by atoms with Crippen LogP contribution in [0.4, 0.5) is 4.39 Å². The Morgan fingerprint density at radius 2 is 1.61 bits per heavy atom. The number of rotatable bonds is 2. The summed E-state index contributed by atoms with van der Waals surface area (Å²) in [5.41, 5.74) is 9.43. The van der Waals surface area contributed by atoms with Crippen LogP contribution in [0.5, 0.6) is 0 Å². The van der Waals surface area contributed by atoms with Crippen molar-refractivity contribution in [1.29, 1.82) is 0 Å². The molecule has 0 amide bonds. The molecule has 2 N–H and O–H groups in total. The Bertz CT molecular complexity index is 529. The standard InChI is InChI=1S/C15H15ClFN/c1-9-3-4-12(8-14(9)17)15(18)11-5-6-13(16)10(2)7-11/h3-8,15H,18H2,1-2H3. The van der Waals surface area contributed by atoms with Crippen molar-refractivity contribution < 1.29 is 4.39 Å². The summed E-state index contributed by atoms with van der Waals surface area (Å²) in [5.74, 6) is -0.228. The molecule has 18 heavy (non-hydrogen) atoms. The van der Waals surface area contributed by atoms with Gasteiger partial charge in [-0.2, -0.15) is 0 Å². The van der Waals surface area contributed by atoms with Crippen LogP contribution < -0.4 is 5.73 Å². The minimum Gasteiger partial charge on any atom is -0.320 e. The molecule has 2 aromatic carbocycles. The highest BCUT2D eigenvalue weighted by molar-refractivity contribution is 6.31. The Morgan fingerprint density at radius 3 is 2.22 bits per heavy atom. The van der Waals surface area contributed by atoms with E-state index in [4.69, 9.17) is 17.3 Å². The SMILES string of the molecule is Cc1ccc(C(N)c2ccc(Cl)c(C)c2)cc1F. The van der Waals surface area contributed by atoms with Gasteiger partial charge in [-0.25, -0.2) is 4.39 Å². The largest absolute Gasteiger partial charge is 0.320 e. The molecule has 0 saturated heterocycles. The van der Waals surface area contributed by atoms with Gasteiger partial charge in [-0.1, -0.05) is 35.9 Å². The first-order valence-electron chi connectivity index (χ1n) is 5.76. The molecule has 0 aliphatic rings. The average Bonchev–Trinajstić information content (AvgIpc) is 2.35. The second kappa shape index (κ2) is 5.09. The topological polar surface area (TPSA) is 26.0 Å².